The summed E-state index contributed by atoms with van der Waals surface area (Å²) in [6, 6.07) is 0. The second kappa shape index (κ2) is 8.85. The molecule has 0 N–H and O–H groups in total. The molecule has 2 rings (SSSR count). The average molecular weight is 433 g/mol. The predicted octanol–water partition coefficient (Wildman–Crippen LogP) is 4.66. The minimum absolute atomic E-state index is 0.187. The lowest BCUT2D eigenvalue weighted by Crippen LogP contribution is -2.67. The SMILES string of the molecule is CC(=O)O[C@H]1CO[C@H]2[C@H]1O[Si](C(C)C)(C(C)C)O[Si](C(C)C)(C(C)C)O[C@@H]2C. The van der Waals surface area contributed by atoms with E-state index in [1.807, 2.05) is 6.92 Å². The Bertz CT molecular complexity index is 535. The Morgan fingerprint density at radius 1 is 0.857 bits per heavy atom. The van der Waals surface area contributed by atoms with E-state index in [1.165, 1.54) is 6.92 Å². The lowest BCUT2D eigenvalue weighted by Gasteiger charge is -2.52. The Morgan fingerprint density at radius 3 is 1.75 bits per heavy atom. The quantitative estimate of drug-likeness (QED) is 0.465. The molecule has 0 saturated carbocycles. The maximum absolute atomic E-state index is 11.6. The van der Waals surface area contributed by atoms with Crippen molar-refractivity contribution in [3.8, 4) is 0 Å². The second-order valence-corrected chi connectivity index (χ2v) is 18.3. The van der Waals surface area contributed by atoms with Crippen molar-refractivity contribution in [3.05, 3.63) is 0 Å². The molecule has 0 spiro atoms. The molecule has 164 valence electrons. The Morgan fingerprint density at radius 2 is 1.32 bits per heavy atom. The van der Waals surface area contributed by atoms with Gasteiger partial charge in [-0.25, -0.2) is 0 Å². The maximum Gasteiger partial charge on any atom is 0.335 e. The van der Waals surface area contributed by atoms with Crippen LogP contribution in [0.1, 0.15) is 69.2 Å². The molecule has 0 unspecified atom stereocenters. The highest BCUT2D eigenvalue weighted by Gasteiger charge is 2.62. The Hall–Kier alpha value is -0.256. The Kier molecular flexibility index (Phi) is 7.59. The first-order valence-electron chi connectivity index (χ1n) is 10.7. The van der Waals surface area contributed by atoms with E-state index in [4.69, 9.17) is 22.4 Å². The number of esters is 1. The van der Waals surface area contributed by atoms with Crippen molar-refractivity contribution in [1.29, 1.82) is 0 Å². The maximum atomic E-state index is 11.6. The first-order chi connectivity index (χ1) is 12.9. The van der Waals surface area contributed by atoms with Crippen LogP contribution in [0.5, 0.6) is 0 Å². The average Bonchev–Trinajstić information content (AvgIpc) is 2.91. The highest BCUT2D eigenvalue weighted by molar-refractivity contribution is 6.84. The van der Waals surface area contributed by atoms with E-state index in [9.17, 15) is 4.79 Å². The minimum atomic E-state index is -2.72. The van der Waals surface area contributed by atoms with Crippen molar-refractivity contribution in [1.82, 2.24) is 0 Å². The molecule has 0 radical (unpaired) electrons. The van der Waals surface area contributed by atoms with E-state index in [2.05, 4.69) is 55.4 Å². The number of ether oxygens (including phenoxy) is 2. The molecule has 2 fully saturated rings. The van der Waals surface area contributed by atoms with Crippen LogP contribution in [-0.4, -0.2) is 54.1 Å². The molecule has 0 aromatic heterocycles. The molecule has 28 heavy (non-hydrogen) atoms. The fraction of sp³-hybridized carbons (Fsp3) is 0.950. The van der Waals surface area contributed by atoms with Crippen LogP contribution in [0.4, 0.5) is 0 Å². The summed E-state index contributed by atoms with van der Waals surface area (Å²) in [5.74, 6) is -0.316. The number of hydrogen-bond acceptors (Lipinski definition) is 6. The van der Waals surface area contributed by atoms with Gasteiger partial charge in [-0.1, -0.05) is 55.4 Å². The zero-order chi connectivity index (χ0) is 21.4. The lowest BCUT2D eigenvalue weighted by molar-refractivity contribution is -0.150. The number of carbonyl (C=O) groups is 1. The molecule has 0 amide bonds. The van der Waals surface area contributed by atoms with E-state index in [1.54, 1.807) is 0 Å². The normalized spacial score (nSPS) is 32.5. The molecule has 0 aliphatic carbocycles. The van der Waals surface area contributed by atoms with Crippen LogP contribution in [0.25, 0.3) is 0 Å². The summed E-state index contributed by atoms with van der Waals surface area (Å²) in [7, 11) is -5.33. The Balaban J connectivity index is 2.57. The van der Waals surface area contributed by atoms with Crippen LogP contribution in [0.2, 0.25) is 22.2 Å². The number of hydrogen-bond donors (Lipinski definition) is 0. The molecular formula is C20H40O6Si2. The van der Waals surface area contributed by atoms with Crippen molar-refractivity contribution in [2.75, 3.05) is 6.61 Å². The fourth-order valence-corrected chi connectivity index (χ4v) is 16.0. The summed E-state index contributed by atoms with van der Waals surface area (Å²) in [6.45, 7) is 21.3. The molecule has 6 nitrogen and oxygen atoms in total. The van der Waals surface area contributed by atoms with E-state index in [0.29, 0.717) is 6.61 Å². The van der Waals surface area contributed by atoms with Gasteiger partial charge >= 0.3 is 23.1 Å². The van der Waals surface area contributed by atoms with Crippen LogP contribution < -0.4 is 0 Å². The third-order valence-electron chi connectivity index (χ3n) is 6.15. The molecule has 0 aromatic rings. The molecule has 2 aliphatic rings. The van der Waals surface area contributed by atoms with E-state index in [-0.39, 0.29) is 46.4 Å². The van der Waals surface area contributed by atoms with Gasteiger partial charge in [0.25, 0.3) is 0 Å². The molecule has 2 aliphatic heterocycles. The van der Waals surface area contributed by atoms with Crippen LogP contribution in [0.3, 0.4) is 0 Å². The van der Waals surface area contributed by atoms with Crippen molar-refractivity contribution in [2.24, 2.45) is 0 Å². The highest BCUT2D eigenvalue weighted by Crippen LogP contribution is 2.48. The second-order valence-electron chi connectivity index (χ2n) is 9.51. The topological polar surface area (TPSA) is 63.2 Å². The van der Waals surface area contributed by atoms with Gasteiger partial charge in [-0.15, -0.1) is 0 Å². The molecular weight excluding hydrogens is 392 g/mol. The molecule has 2 saturated heterocycles. The summed E-state index contributed by atoms with van der Waals surface area (Å²) in [5.41, 5.74) is 1.02. The summed E-state index contributed by atoms with van der Waals surface area (Å²) in [6.07, 6.45) is -1.23. The zero-order valence-corrected chi connectivity index (χ0v) is 21.3. The zero-order valence-electron chi connectivity index (χ0n) is 19.3. The van der Waals surface area contributed by atoms with E-state index in [0.717, 1.165) is 0 Å². The van der Waals surface area contributed by atoms with Gasteiger partial charge in [0, 0.05) is 6.92 Å². The summed E-state index contributed by atoms with van der Waals surface area (Å²) >= 11 is 0. The third kappa shape index (κ3) is 4.27. The largest absolute Gasteiger partial charge is 0.457 e. The van der Waals surface area contributed by atoms with E-state index >= 15 is 0 Å². The predicted molar refractivity (Wildman–Crippen MR) is 114 cm³/mol. The summed E-state index contributed by atoms with van der Waals surface area (Å²) in [4.78, 5) is 11.6. The van der Waals surface area contributed by atoms with Gasteiger partial charge in [0.15, 0.2) is 6.10 Å². The van der Waals surface area contributed by atoms with Gasteiger partial charge in [-0.3, -0.25) is 4.79 Å². The van der Waals surface area contributed by atoms with Crippen molar-refractivity contribution < 1.29 is 27.2 Å². The first kappa shape index (κ1) is 24.0. The Labute approximate surface area is 173 Å². The molecule has 0 bridgehead atoms. The number of fused-ring (bicyclic) bond motifs is 1. The van der Waals surface area contributed by atoms with Crippen LogP contribution in [-0.2, 0) is 27.2 Å². The molecule has 4 atom stereocenters. The van der Waals surface area contributed by atoms with Crippen molar-refractivity contribution in [2.45, 2.75) is 116 Å². The van der Waals surface area contributed by atoms with Crippen LogP contribution >= 0.6 is 0 Å². The smallest absolute Gasteiger partial charge is 0.335 e. The van der Waals surface area contributed by atoms with Gasteiger partial charge in [0.2, 0.25) is 0 Å². The van der Waals surface area contributed by atoms with Crippen molar-refractivity contribution >= 4 is 23.1 Å². The number of rotatable bonds is 5. The highest BCUT2D eigenvalue weighted by atomic mass is 28.5. The summed E-state index contributed by atoms with van der Waals surface area (Å²) in [5, 5.41) is 0. The fourth-order valence-electron chi connectivity index (χ4n) is 4.68. The van der Waals surface area contributed by atoms with Gasteiger partial charge in [-0.2, -0.15) is 0 Å². The standard InChI is InChI=1S/C20H40O6Si2/c1-12(2)27(13(3)4)24-16(9)19-20(18(11-22-19)23-17(10)21)25-28(26-27,14(5)6)15(7)8/h12-16,18-20H,11H2,1-10H3/t16-,18+,19-,20+/m1/s1. The molecule has 2 heterocycles. The van der Waals surface area contributed by atoms with Crippen LogP contribution in [0.15, 0.2) is 0 Å². The summed E-state index contributed by atoms with van der Waals surface area (Å²) < 4.78 is 32.6. The lowest BCUT2D eigenvalue weighted by atomic mass is 10.1. The molecule has 8 heteroatoms. The van der Waals surface area contributed by atoms with E-state index < -0.39 is 23.2 Å². The van der Waals surface area contributed by atoms with Gasteiger partial charge in [0.05, 0.1) is 12.7 Å². The van der Waals surface area contributed by atoms with Gasteiger partial charge in [0.1, 0.15) is 12.2 Å². The first-order valence-corrected chi connectivity index (χ1v) is 14.7. The third-order valence-corrected chi connectivity index (χ3v) is 16.5. The van der Waals surface area contributed by atoms with Gasteiger partial charge < -0.3 is 22.4 Å². The monoisotopic (exact) mass is 432 g/mol. The van der Waals surface area contributed by atoms with Crippen LogP contribution in [0, 0.1) is 0 Å². The minimum Gasteiger partial charge on any atom is -0.457 e. The van der Waals surface area contributed by atoms with Crippen molar-refractivity contribution in [3.63, 3.8) is 0 Å². The number of carbonyl (C=O) groups excluding carboxylic acids is 1. The molecule has 0 aromatic carbocycles. The van der Waals surface area contributed by atoms with Gasteiger partial charge in [-0.05, 0) is 29.1 Å².